The maximum atomic E-state index is 12.3. The molecule has 2 aromatic carbocycles. The molecule has 0 fully saturated rings. The molecule has 0 N–H and O–H groups in total. The van der Waals surface area contributed by atoms with Gasteiger partial charge >= 0.3 is 5.97 Å². The maximum Gasteiger partial charge on any atom is 0.331 e. The summed E-state index contributed by atoms with van der Waals surface area (Å²) in [5.74, 6) is -0.729. The zero-order valence-corrected chi connectivity index (χ0v) is 13.6. The molecule has 0 aliphatic heterocycles. The highest BCUT2D eigenvalue weighted by atomic mass is 16.5. The van der Waals surface area contributed by atoms with Crippen LogP contribution in [0.25, 0.3) is 6.08 Å². The second-order valence-corrected chi connectivity index (χ2v) is 5.49. The number of carbonyl (C=O) groups is 2. The van der Waals surface area contributed by atoms with Crippen molar-refractivity contribution in [3.63, 3.8) is 0 Å². The number of rotatable bonds is 5. The molecule has 0 amide bonds. The van der Waals surface area contributed by atoms with Crippen molar-refractivity contribution in [1.82, 2.24) is 0 Å². The Labute approximate surface area is 136 Å². The first-order valence-electron chi connectivity index (χ1n) is 7.52. The molecule has 0 heterocycles. The van der Waals surface area contributed by atoms with Crippen molar-refractivity contribution in [2.24, 2.45) is 0 Å². The van der Waals surface area contributed by atoms with Gasteiger partial charge in [-0.25, -0.2) is 4.79 Å². The summed E-state index contributed by atoms with van der Waals surface area (Å²) in [5.41, 5.74) is 3.62. The number of esters is 1. The van der Waals surface area contributed by atoms with Crippen molar-refractivity contribution in [2.75, 3.05) is 0 Å². The second-order valence-electron chi connectivity index (χ2n) is 5.49. The summed E-state index contributed by atoms with van der Waals surface area (Å²) < 4.78 is 5.18. The lowest BCUT2D eigenvalue weighted by Crippen LogP contribution is -2.23. The predicted molar refractivity (Wildman–Crippen MR) is 91.3 cm³/mol. The van der Waals surface area contributed by atoms with Crippen LogP contribution < -0.4 is 0 Å². The molecule has 23 heavy (non-hydrogen) atoms. The van der Waals surface area contributed by atoms with Gasteiger partial charge in [0, 0.05) is 11.6 Å². The first-order valence-corrected chi connectivity index (χ1v) is 7.52. The van der Waals surface area contributed by atoms with Crippen LogP contribution in [0.2, 0.25) is 0 Å². The van der Waals surface area contributed by atoms with Crippen molar-refractivity contribution in [3.8, 4) is 0 Å². The van der Waals surface area contributed by atoms with E-state index >= 15 is 0 Å². The third kappa shape index (κ3) is 4.65. The highest BCUT2D eigenvalue weighted by Gasteiger charge is 2.18. The van der Waals surface area contributed by atoms with Gasteiger partial charge in [-0.2, -0.15) is 0 Å². The van der Waals surface area contributed by atoms with Crippen molar-refractivity contribution in [3.05, 3.63) is 76.9 Å². The fourth-order valence-electron chi connectivity index (χ4n) is 2.12. The van der Waals surface area contributed by atoms with Crippen LogP contribution in [0.1, 0.15) is 34.0 Å². The number of carbonyl (C=O) groups excluding carboxylic acids is 2. The summed E-state index contributed by atoms with van der Waals surface area (Å²) in [6.07, 6.45) is 2.18. The molecule has 2 rings (SSSR count). The van der Waals surface area contributed by atoms with Gasteiger partial charge in [-0.15, -0.1) is 0 Å². The third-order valence-corrected chi connectivity index (χ3v) is 3.67. The van der Waals surface area contributed by atoms with Gasteiger partial charge < -0.3 is 4.74 Å². The minimum absolute atomic E-state index is 0.199. The van der Waals surface area contributed by atoms with E-state index in [1.807, 2.05) is 56.3 Å². The quantitative estimate of drug-likeness (QED) is 0.474. The standard InChI is InChI=1S/C20H20O3/c1-14-9-11-18(13-15(14)2)20(22)16(3)23-19(21)12-10-17-7-5-4-6-8-17/h4-13,16H,1-3H3/b12-10+. The Bertz CT molecular complexity index is 730. The van der Waals surface area contributed by atoms with E-state index in [-0.39, 0.29) is 5.78 Å². The highest BCUT2D eigenvalue weighted by Crippen LogP contribution is 2.13. The molecule has 1 unspecified atom stereocenters. The summed E-state index contributed by atoms with van der Waals surface area (Å²) >= 11 is 0. The van der Waals surface area contributed by atoms with Crippen molar-refractivity contribution < 1.29 is 14.3 Å². The minimum atomic E-state index is -0.815. The maximum absolute atomic E-state index is 12.3. The summed E-state index contributed by atoms with van der Waals surface area (Å²) in [4.78, 5) is 24.1. The topological polar surface area (TPSA) is 43.4 Å². The van der Waals surface area contributed by atoms with Crippen LogP contribution in [0.4, 0.5) is 0 Å². The molecule has 118 valence electrons. The zero-order chi connectivity index (χ0) is 16.8. The monoisotopic (exact) mass is 308 g/mol. The van der Waals surface area contributed by atoms with Crippen LogP contribution in [0.3, 0.4) is 0 Å². The molecule has 3 nitrogen and oxygen atoms in total. The number of hydrogen-bond donors (Lipinski definition) is 0. The van der Waals surface area contributed by atoms with Crippen LogP contribution in [0.15, 0.2) is 54.6 Å². The largest absolute Gasteiger partial charge is 0.451 e. The first-order chi connectivity index (χ1) is 11.0. The van der Waals surface area contributed by atoms with Crippen LogP contribution in [0, 0.1) is 13.8 Å². The lowest BCUT2D eigenvalue weighted by Gasteiger charge is -2.12. The van der Waals surface area contributed by atoms with Gasteiger partial charge in [-0.05, 0) is 49.6 Å². The molecular weight excluding hydrogens is 288 g/mol. The van der Waals surface area contributed by atoms with E-state index in [0.717, 1.165) is 16.7 Å². The molecule has 0 saturated carbocycles. The fraction of sp³-hybridized carbons (Fsp3) is 0.200. The predicted octanol–water partition coefficient (Wildman–Crippen LogP) is 4.13. The summed E-state index contributed by atoms with van der Waals surface area (Å²) in [6.45, 7) is 5.53. The summed E-state index contributed by atoms with van der Waals surface area (Å²) in [6, 6.07) is 14.9. The molecule has 0 aliphatic rings. The van der Waals surface area contributed by atoms with Gasteiger partial charge in [0.15, 0.2) is 6.10 Å². The lowest BCUT2D eigenvalue weighted by atomic mass is 10.0. The number of benzene rings is 2. The Morgan fingerprint density at radius 1 is 1.00 bits per heavy atom. The number of aryl methyl sites for hydroxylation is 2. The SMILES string of the molecule is Cc1ccc(C(=O)C(C)OC(=O)/C=C/c2ccccc2)cc1C. The van der Waals surface area contributed by atoms with Crippen LogP contribution in [-0.4, -0.2) is 17.9 Å². The number of ether oxygens (including phenoxy) is 1. The first kappa shape index (κ1) is 16.7. The normalized spacial score (nSPS) is 12.1. The van der Waals surface area contributed by atoms with E-state index < -0.39 is 12.1 Å². The van der Waals surface area contributed by atoms with Crippen molar-refractivity contribution >= 4 is 17.8 Å². The molecule has 0 bridgehead atoms. The van der Waals surface area contributed by atoms with Gasteiger partial charge in [-0.1, -0.05) is 42.5 Å². The van der Waals surface area contributed by atoms with E-state index in [1.165, 1.54) is 6.08 Å². The van der Waals surface area contributed by atoms with E-state index in [1.54, 1.807) is 19.1 Å². The van der Waals surface area contributed by atoms with Gasteiger partial charge in [0.2, 0.25) is 5.78 Å². The molecule has 0 saturated heterocycles. The number of hydrogen-bond acceptors (Lipinski definition) is 3. The Hall–Kier alpha value is -2.68. The molecule has 0 spiro atoms. The van der Waals surface area contributed by atoms with Crippen LogP contribution in [0.5, 0.6) is 0 Å². The van der Waals surface area contributed by atoms with E-state index in [9.17, 15) is 9.59 Å². The average molecular weight is 308 g/mol. The Morgan fingerprint density at radius 3 is 2.35 bits per heavy atom. The van der Waals surface area contributed by atoms with Crippen LogP contribution >= 0.6 is 0 Å². The van der Waals surface area contributed by atoms with Gasteiger partial charge in [0.05, 0.1) is 0 Å². The van der Waals surface area contributed by atoms with E-state index in [4.69, 9.17) is 4.74 Å². The smallest absolute Gasteiger partial charge is 0.331 e. The average Bonchev–Trinajstić information content (AvgIpc) is 2.55. The summed E-state index contributed by atoms with van der Waals surface area (Å²) in [7, 11) is 0. The minimum Gasteiger partial charge on any atom is -0.451 e. The van der Waals surface area contributed by atoms with Gasteiger partial charge in [-0.3, -0.25) is 4.79 Å². The summed E-state index contributed by atoms with van der Waals surface area (Å²) in [5, 5.41) is 0. The molecule has 3 heteroatoms. The van der Waals surface area contributed by atoms with Gasteiger partial charge in [0.25, 0.3) is 0 Å². The number of ketones is 1. The molecule has 0 radical (unpaired) electrons. The third-order valence-electron chi connectivity index (χ3n) is 3.67. The fourth-order valence-corrected chi connectivity index (χ4v) is 2.12. The number of Topliss-reactive ketones (excluding diaryl/α,β-unsaturated/α-hetero) is 1. The molecule has 1 atom stereocenters. The van der Waals surface area contributed by atoms with Gasteiger partial charge in [0.1, 0.15) is 0 Å². The van der Waals surface area contributed by atoms with Crippen molar-refractivity contribution in [1.29, 1.82) is 0 Å². The zero-order valence-electron chi connectivity index (χ0n) is 13.6. The molecule has 0 aliphatic carbocycles. The Kier molecular flexibility index (Phi) is 5.47. The van der Waals surface area contributed by atoms with E-state index in [0.29, 0.717) is 5.56 Å². The van der Waals surface area contributed by atoms with Crippen molar-refractivity contribution in [2.45, 2.75) is 26.9 Å². The molecule has 2 aromatic rings. The van der Waals surface area contributed by atoms with Crippen LogP contribution in [-0.2, 0) is 9.53 Å². The lowest BCUT2D eigenvalue weighted by molar-refractivity contribution is -0.140. The highest BCUT2D eigenvalue weighted by molar-refractivity contribution is 6.01. The molecule has 0 aromatic heterocycles. The Morgan fingerprint density at radius 2 is 1.70 bits per heavy atom. The second kappa shape index (κ2) is 7.54. The van der Waals surface area contributed by atoms with E-state index in [2.05, 4.69) is 0 Å². The Balaban J connectivity index is 1.99. The molecular formula is C20H20O3.